The number of nitrogen functional groups attached to an aromatic ring is 1. The molecule has 2 N–H and O–H groups in total. The highest BCUT2D eigenvalue weighted by molar-refractivity contribution is 14.1. The molecule has 0 heterocycles. The number of benzene rings is 1. The first-order valence-corrected chi connectivity index (χ1v) is 5.81. The third-order valence-corrected chi connectivity index (χ3v) is 2.72. The number of hydrogen-bond acceptors (Lipinski definition) is 4. The first-order chi connectivity index (χ1) is 7.58. The number of nitrogens with two attached hydrogens (primary N) is 1. The highest BCUT2D eigenvalue weighted by Gasteiger charge is 2.11. The number of ether oxygens (including phenoxy) is 2. The van der Waals surface area contributed by atoms with E-state index in [0.717, 1.165) is 3.57 Å². The summed E-state index contributed by atoms with van der Waals surface area (Å²) in [6.45, 7) is 2.40. The maximum Gasteiger partial charge on any atom is 0.156 e. The van der Waals surface area contributed by atoms with E-state index < -0.39 is 0 Å². The van der Waals surface area contributed by atoms with E-state index in [1.54, 1.807) is 19.2 Å². The number of methoxy groups -OCH3 is 1. The fourth-order valence-electron chi connectivity index (χ4n) is 1.27. The Labute approximate surface area is 108 Å². The fraction of sp³-hybridized carbons (Fsp3) is 0.364. The van der Waals surface area contributed by atoms with Gasteiger partial charge in [0.25, 0.3) is 0 Å². The summed E-state index contributed by atoms with van der Waals surface area (Å²) >= 11 is 2.10. The van der Waals surface area contributed by atoms with Gasteiger partial charge in [-0.1, -0.05) is 0 Å². The van der Waals surface area contributed by atoms with Crippen LogP contribution in [0.25, 0.3) is 0 Å². The molecule has 0 fully saturated rings. The van der Waals surface area contributed by atoms with E-state index in [1.807, 2.05) is 13.0 Å². The van der Waals surface area contributed by atoms with Gasteiger partial charge in [0.1, 0.15) is 6.10 Å². The SMILES string of the molecule is COCC(C)Oc1c(N)cc(C#N)cc1I. The predicted molar refractivity (Wildman–Crippen MR) is 70.3 cm³/mol. The Bertz CT molecular complexity index is 392. The summed E-state index contributed by atoms with van der Waals surface area (Å²) in [5, 5.41) is 8.77. The van der Waals surface area contributed by atoms with Gasteiger partial charge >= 0.3 is 0 Å². The Morgan fingerprint density at radius 3 is 2.75 bits per heavy atom. The van der Waals surface area contributed by atoms with Gasteiger partial charge in [-0.15, -0.1) is 0 Å². The van der Waals surface area contributed by atoms with Crippen LogP contribution in [0, 0.1) is 14.9 Å². The molecule has 0 aliphatic rings. The van der Waals surface area contributed by atoms with Crippen molar-refractivity contribution in [2.45, 2.75) is 13.0 Å². The van der Waals surface area contributed by atoms with E-state index in [9.17, 15) is 0 Å². The largest absolute Gasteiger partial charge is 0.485 e. The molecule has 1 aromatic carbocycles. The van der Waals surface area contributed by atoms with Gasteiger partial charge in [0.05, 0.1) is 27.5 Å². The monoisotopic (exact) mass is 332 g/mol. The lowest BCUT2D eigenvalue weighted by Gasteiger charge is -2.16. The van der Waals surface area contributed by atoms with E-state index in [2.05, 4.69) is 22.6 Å². The van der Waals surface area contributed by atoms with Gasteiger partial charge in [-0.3, -0.25) is 0 Å². The molecule has 0 aliphatic carbocycles. The quantitative estimate of drug-likeness (QED) is 0.678. The Hall–Kier alpha value is -1.00. The number of nitriles is 1. The van der Waals surface area contributed by atoms with Crippen LogP contribution >= 0.6 is 22.6 Å². The maximum atomic E-state index is 8.77. The average molecular weight is 332 g/mol. The Balaban J connectivity index is 2.93. The normalized spacial score (nSPS) is 11.9. The van der Waals surface area contributed by atoms with Gasteiger partial charge in [0.2, 0.25) is 0 Å². The molecular formula is C11H13IN2O2. The van der Waals surface area contributed by atoms with E-state index in [0.29, 0.717) is 23.6 Å². The minimum atomic E-state index is -0.0752. The molecule has 86 valence electrons. The highest BCUT2D eigenvalue weighted by atomic mass is 127. The second kappa shape index (κ2) is 5.92. The molecule has 5 heteroatoms. The number of nitrogens with zero attached hydrogens (tertiary/aromatic N) is 1. The first kappa shape index (κ1) is 13.1. The molecule has 0 bridgehead atoms. The van der Waals surface area contributed by atoms with E-state index in [1.165, 1.54) is 0 Å². The lowest BCUT2D eigenvalue weighted by atomic mass is 10.2. The molecule has 0 amide bonds. The standard InChI is InChI=1S/C11H13IN2O2/c1-7(6-15-2)16-11-9(12)3-8(5-13)4-10(11)14/h3-4,7H,6,14H2,1-2H3. The summed E-state index contributed by atoms with van der Waals surface area (Å²) in [7, 11) is 1.62. The molecule has 16 heavy (non-hydrogen) atoms. The molecule has 1 atom stereocenters. The van der Waals surface area contributed by atoms with Crippen molar-refractivity contribution >= 4 is 28.3 Å². The zero-order chi connectivity index (χ0) is 12.1. The van der Waals surface area contributed by atoms with E-state index >= 15 is 0 Å². The summed E-state index contributed by atoms with van der Waals surface area (Å²) < 4.78 is 11.5. The van der Waals surface area contributed by atoms with Crippen molar-refractivity contribution in [3.63, 3.8) is 0 Å². The van der Waals surface area contributed by atoms with E-state index in [-0.39, 0.29) is 6.10 Å². The van der Waals surface area contributed by atoms with Gasteiger partial charge in [0.15, 0.2) is 5.75 Å². The van der Waals surface area contributed by atoms with Crippen molar-refractivity contribution in [1.29, 1.82) is 5.26 Å². The molecule has 0 saturated carbocycles. The van der Waals surface area contributed by atoms with Gasteiger partial charge in [-0.2, -0.15) is 5.26 Å². The summed E-state index contributed by atoms with van der Waals surface area (Å²) in [5.41, 5.74) is 6.83. The van der Waals surface area contributed by atoms with Gasteiger partial charge in [-0.05, 0) is 41.6 Å². The predicted octanol–water partition coefficient (Wildman–Crippen LogP) is 2.16. The van der Waals surface area contributed by atoms with Gasteiger partial charge in [0, 0.05) is 7.11 Å². The van der Waals surface area contributed by atoms with Crippen LogP contribution in [0.2, 0.25) is 0 Å². The van der Waals surface area contributed by atoms with Crippen LogP contribution in [0.3, 0.4) is 0 Å². The second-order valence-corrected chi connectivity index (χ2v) is 4.53. The topological polar surface area (TPSA) is 68.3 Å². The molecule has 4 nitrogen and oxygen atoms in total. The molecule has 1 aromatic rings. The molecule has 0 saturated heterocycles. The van der Waals surface area contributed by atoms with Crippen LogP contribution < -0.4 is 10.5 Å². The van der Waals surface area contributed by atoms with Gasteiger partial charge in [-0.25, -0.2) is 0 Å². The minimum absolute atomic E-state index is 0.0752. The average Bonchev–Trinajstić information content (AvgIpc) is 2.23. The third kappa shape index (κ3) is 3.25. The van der Waals surface area contributed by atoms with Crippen molar-refractivity contribution < 1.29 is 9.47 Å². The molecule has 1 rings (SSSR count). The number of halogens is 1. The maximum absolute atomic E-state index is 8.77. The molecule has 0 spiro atoms. The van der Waals surface area contributed by atoms with Crippen LogP contribution in [-0.2, 0) is 4.74 Å². The lowest BCUT2D eigenvalue weighted by molar-refractivity contribution is 0.0920. The van der Waals surface area contributed by atoms with Crippen LogP contribution in [0.5, 0.6) is 5.75 Å². The molecule has 0 aliphatic heterocycles. The second-order valence-electron chi connectivity index (χ2n) is 3.37. The van der Waals surface area contributed by atoms with Crippen LogP contribution in [0.4, 0.5) is 5.69 Å². The number of anilines is 1. The first-order valence-electron chi connectivity index (χ1n) is 4.73. The lowest BCUT2D eigenvalue weighted by Crippen LogP contribution is -2.19. The summed E-state index contributed by atoms with van der Waals surface area (Å²) in [4.78, 5) is 0. The number of hydrogen-bond donors (Lipinski definition) is 1. The van der Waals surface area contributed by atoms with Crippen molar-refractivity contribution in [3.05, 3.63) is 21.3 Å². The van der Waals surface area contributed by atoms with Crippen LogP contribution in [-0.4, -0.2) is 19.8 Å². The van der Waals surface area contributed by atoms with Crippen LogP contribution in [0.1, 0.15) is 12.5 Å². The van der Waals surface area contributed by atoms with Crippen molar-refractivity contribution in [3.8, 4) is 11.8 Å². The van der Waals surface area contributed by atoms with Crippen LogP contribution in [0.15, 0.2) is 12.1 Å². The molecular weight excluding hydrogens is 319 g/mol. The zero-order valence-corrected chi connectivity index (χ0v) is 11.3. The Morgan fingerprint density at radius 1 is 1.56 bits per heavy atom. The van der Waals surface area contributed by atoms with E-state index in [4.69, 9.17) is 20.5 Å². The fourth-order valence-corrected chi connectivity index (χ4v) is 2.05. The summed E-state index contributed by atoms with van der Waals surface area (Å²) in [5.74, 6) is 0.615. The Morgan fingerprint density at radius 2 is 2.25 bits per heavy atom. The smallest absolute Gasteiger partial charge is 0.156 e. The minimum Gasteiger partial charge on any atom is -0.485 e. The molecule has 0 radical (unpaired) electrons. The highest BCUT2D eigenvalue weighted by Crippen LogP contribution is 2.30. The number of rotatable bonds is 4. The third-order valence-electron chi connectivity index (χ3n) is 1.92. The van der Waals surface area contributed by atoms with Crippen molar-refractivity contribution in [2.75, 3.05) is 19.5 Å². The zero-order valence-electron chi connectivity index (χ0n) is 9.16. The summed E-state index contributed by atoms with van der Waals surface area (Å²) in [6.07, 6.45) is -0.0752. The van der Waals surface area contributed by atoms with Crippen molar-refractivity contribution in [1.82, 2.24) is 0 Å². The van der Waals surface area contributed by atoms with Gasteiger partial charge < -0.3 is 15.2 Å². The molecule has 1 unspecified atom stereocenters. The van der Waals surface area contributed by atoms with Crippen molar-refractivity contribution in [2.24, 2.45) is 0 Å². The molecule has 0 aromatic heterocycles. The summed E-state index contributed by atoms with van der Waals surface area (Å²) in [6, 6.07) is 5.40. The Kier molecular flexibility index (Phi) is 4.83.